The zero-order valence-corrected chi connectivity index (χ0v) is 17.0. The van der Waals surface area contributed by atoms with Crippen molar-refractivity contribution < 1.29 is 14.6 Å². The predicted molar refractivity (Wildman–Crippen MR) is 115 cm³/mol. The molecular formula is C21H19N3O3S2. The van der Waals surface area contributed by atoms with Crippen LogP contribution >= 0.6 is 11.8 Å². The van der Waals surface area contributed by atoms with Crippen molar-refractivity contribution in [2.75, 3.05) is 18.1 Å². The van der Waals surface area contributed by atoms with E-state index in [1.54, 1.807) is 23.9 Å². The fraction of sp³-hybridized carbons (Fsp3) is 0.0952. The third kappa shape index (κ3) is 4.00. The number of nitrogens with one attached hydrogen (secondary N) is 1. The van der Waals surface area contributed by atoms with Gasteiger partial charge in [0.05, 0.1) is 23.5 Å². The summed E-state index contributed by atoms with van der Waals surface area (Å²) in [7, 11) is -1.38. The minimum atomic E-state index is -1.38. The summed E-state index contributed by atoms with van der Waals surface area (Å²) in [6.07, 6.45) is 0. The van der Waals surface area contributed by atoms with Crippen molar-refractivity contribution in [3.8, 4) is 5.75 Å². The average Bonchev–Trinajstić information content (AvgIpc) is 2.73. The Morgan fingerprint density at radius 2 is 1.69 bits per heavy atom. The highest BCUT2D eigenvalue weighted by atomic mass is 32.2. The van der Waals surface area contributed by atoms with Gasteiger partial charge in [-0.1, -0.05) is 36.0 Å². The Labute approximate surface area is 175 Å². The summed E-state index contributed by atoms with van der Waals surface area (Å²) in [5.41, 5.74) is 2.26. The van der Waals surface area contributed by atoms with Crippen molar-refractivity contribution in [3.63, 3.8) is 0 Å². The van der Waals surface area contributed by atoms with Crippen molar-refractivity contribution in [2.45, 2.75) is 14.7 Å². The first-order chi connectivity index (χ1) is 14.0. The molecule has 3 aromatic rings. The molecule has 0 saturated heterocycles. The second-order valence-corrected chi connectivity index (χ2v) is 8.54. The van der Waals surface area contributed by atoms with Crippen LogP contribution in [0.5, 0.6) is 5.75 Å². The number of ether oxygens (including phenoxy) is 1. The standard InChI is InChI=1S/C21H19N3O3S2/c22-29(23)20-10-9-14(13-15(20)21(25)26)27-12-11-24-16-5-1-3-7-18(16)28-19-8-4-2-6-17(19)24/h1-10,13H,11-12H2,(H3,22,23)(H,25,26). The number of nitrogens with two attached hydrogens (primary N) is 1. The number of nitrogens with zero attached hydrogens (tertiary/aromatic N) is 1. The molecule has 0 aromatic heterocycles. The summed E-state index contributed by atoms with van der Waals surface area (Å²) >= 11 is 1.75. The number of benzene rings is 3. The van der Waals surface area contributed by atoms with Gasteiger partial charge in [0.1, 0.15) is 12.4 Å². The molecule has 0 saturated carbocycles. The van der Waals surface area contributed by atoms with E-state index in [1.807, 2.05) is 24.3 Å². The molecule has 3 aromatic carbocycles. The van der Waals surface area contributed by atoms with Crippen LogP contribution in [0.3, 0.4) is 0 Å². The number of rotatable bonds is 6. The molecule has 0 fully saturated rings. The van der Waals surface area contributed by atoms with E-state index in [0.717, 1.165) is 11.4 Å². The topological polar surface area (TPSA) is 99.6 Å². The fourth-order valence-electron chi connectivity index (χ4n) is 3.23. The Morgan fingerprint density at radius 3 is 2.28 bits per heavy atom. The number of anilines is 2. The van der Waals surface area contributed by atoms with Gasteiger partial charge in [-0.3, -0.25) is 9.92 Å². The Morgan fingerprint density at radius 1 is 1.07 bits per heavy atom. The third-order valence-corrected chi connectivity index (χ3v) is 6.49. The van der Waals surface area contributed by atoms with Gasteiger partial charge in [-0.05, 0) is 53.3 Å². The minimum Gasteiger partial charge on any atom is -0.492 e. The largest absolute Gasteiger partial charge is 0.492 e. The maximum atomic E-state index is 11.5. The van der Waals surface area contributed by atoms with Crippen LogP contribution in [0, 0.1) is 4.78 Å². The molecule has 148 valence electrons. The van der Waals surface area contributed by atoms with Crippen LogP contribution in [0.15, 0.2) is 81.4 Å². The van der Waals surface area contributed by atoms with Crippen molar-refractivity contribution in [1.29, 1.82) is 4.78 Å². The predicted octanol–water partition coefficient (Wildman–Crippen LogP) is 4.68. The summed E-state index contributed by atoms with van der Waals surface area (Å²) in [4.78, 5) is 16.4. The molecule has 0 spiro atoms. The molecule has 1 aliphatic heterocycles. The molecule has 0 bridgehead atoms. The highest BCUT2D eigenvalue weighted by Crippen LogP contribution is 2.47. The van der Waals surface area contributed by atoms with Crippen molar-refractivity contribution in [2.24, 2.45) is 5.14 Å². The molecule has 0 amide bonds. The number of carbonyl (C=O) groups is 1. The minimum absolute atomic E-state index is 0.00778. The average molecular weight is 426 g/mol. The third-order valence-electron chi connectivity index (χ3n) is 4.53. The van der Waals surface area contributed by atoms with Crippen molar-refractivity contribution in [1.82, 2.24) is 0 Å². The molecular weight excluding hydrogens is 406 g/mol. The lowest BCUT2D eigenvalue weighted by Gasteiger charge is -2.32. The van der Waals surface area contributed by atoms with Crippen LogP contribution < -0.4 is 14.8 Å². The second-order valence-electron chi connectivity index (χ2n) is 6.34. The summed E-state index contributed by atoms with van der Waals surface area (Å²) in [6.45, 7) is 0.986. The monoisotopic (exact) mass is 425 g/mol. The smallest absolute Gasteiger partial charge is 0.337 e. The van der Waals surface area contributed by atoms with Gasteiger partial charge in [0.2, 0.25) is 0 Å². The van der Waals surface area contributed by atoms with Gasteiger partial charge in [-0.25, -0.2) is 4.79 Å². The highest BCUT2D eigenvalue weighted by molar-refractivity contribution is 7.99. The molecule has 4 N–H and O–H groups in total. The van der Waals surface area contributed by atoms with Gasteiger partial charge in [-0.15, -0.1) is 0 Å². The molecule has 0 aliphatic carbocycles. The van der Waals surface area contributed by atoms with Gasteiger partial charge in [0, 0.05) is 14.7 Å². The quantitative estimate of drug-likeness (QED) is 0.530. The van der Waals surface area contributed by atoms with E-state index in [4.69, 9.17) is 14.7 Å². The molecule has 0 radical (unpaired) electrons. The van der Waals surface area contributed by atoms with Crippen LogP contribution in [0.1, 0.15) is 10.4 Å². The molecule has 1 heterocycles. The number of carboxylic acids is 1. The van der Waals surface area contributed by atoms with E-state index in [2.05, 4.69) is 29.2 Å². The Kier molecular flexibility index (Phi) is 5.57. The first-order valence-electron chi connectivity index (χ1n) is 8.88. The first-order valence-corrected chi connectivity index (χ1v) is 11.0. The van der Waals surface area contributed by atoms with Gasteiger partial charge in [-0.2, -0.15) is 0 Å². The lowest BCUT2D eigenvalue weighted by molar-refractivity contribution is 0.0692. The van der Waals surface area contributed by atoms with Gasteiger partial charge < -0.3 is 14.7 Å². The van der Waals surface area contributed by atoms with Crippen LogP contribution in [-0.4, -0.2) is 24.2 Å². The Balaban J connectivity index is 1.54. The molecule has 1 unspecified atom stereocenters. The van der Waals surface area contributed by atoms with Crippen molar-refractivity contribution >= 4 is 40.0 Å². The molecule has 1 aliphatic rings. The van der Waals surface area contributed by atoms with Crippen LogP contribution in [0.2, 0.25) is 0 Å². The summed E-state index contributed by atoms with van der Waals surface area (Å²) in [6, 6.07) is 21.1. The number of fused-ring (bicyclic) bond motifs is 2. The summed E-state index contributed by atoms with van der Waals surface area (Å²) in [5.74, 6) is -0.666. The number of hydrogen-bond acceptors (Lipinski definition) is 5. The van der Waals surface area contributed by atoms with Gasteiger partial charge in [0.25, 0.3) is 0 Å². The van der Waals surface area contributed by atoms with E-state index in [1.165, 1.54) is 15.9 Å². The molecule has 6 nitrogen and oxygen atoms in total. The van der Waals surface area contributed by atoms with E-state index < -0.39 is 16.8 Å². The van der Waals surface area contributed by atoms with E-state index in [0.29, 0.717) is 23.8 Å². The summed E-state index contributed by atoms with van der Waals surface area (Å²) < 4.78 is 13.5. The Bertz CT molecular complexity index is 1060. The zero-order chi connectivity index (χ0) is 20.4. The van der Waals surface area contributed by atoms with E-state index in [-0.39, 0.29) is 5.56 Å². The lowest BCUT2D eigenvalue weighted by atomic mass is 10.2. The number of carboxylic acid groups (broad SMARTS) is 1. The highest BCUT2D eigenvalue weighted by Gasteiger charge is 2.22. The molecule has 29 heavy (non-hydrogen) atoms. The van der Waals surface area contributed by atoms with E-state index >= 15 is 0 Å². The number of para-hydroxylation sites is 2. The van der Waals surface area contributed by atoms with Gasteiger partial charge >= 0.3 is 5.97 Å². The normalized spacial score (nSPS) is 13.3. The lowest BCUT2D eigenvalue weighted by Crippen LogP contribution is -2.26. The Hall–Kier alpha value is -2.81. The zero-order valence-electron chi connectivity index (χ0n) is 15.4. The number of aromatic carboxylic acids is 1. The van der Waals surface area contributed by atoms with Crippen LogP contribution in [0.4, 0.5) is 11.4 Å². The van der Waals surface area contributed by atoms with E-state index in [9.17, 15) is 9.90 Å². The molecule has 1 atom stereocenters. The maximum Gasteiger partial charge on any atom is 0.337 e. The SMILES string of the molecule is N=S(N)c1ccc(OCCN2c3ccccc3Sc3ccccc32)cc1C(=O)O. The molecule has 8 heteroatoms. The fourth-order valence-corrected chi connectivity index (χ4v) is 4.93. The van der Waals surface area contributed by atoms with Crippen LogP contribution in [0.25, 0.3) is 0 Å². The van der Waals surface area contributed by atoms with Gasteiger partial charge in [0.15, 0.2) is 0 Å². The first kappa shape index (κ1) is 19.5. The van der Waals surface area contributed by atoms with Crippen molar-refractivity contribution in [3.05, 3.63) is 72.3 Å². The van der Waals surface area contributed by atoms with Crippen LogP contribution in [-0.2, 0) is 10.9 Å². The maximum absolute atomic E-state index is 11.5. The second kappa shape index (κ2) is 8.28. The molecule has 4 rings (SSSR count). The summed E-state index contributed by atoms with van der Waals surface area (Å²) in [5, 5.41) is 15.0. The number of hydrogen-bond donors (Lipinski definition) is 3.